The van der Waals surface area contributed by atoms with Crippen LogP contribution in [0.1, 0.15) is 27.7 Å². The van der Waals surface area contributed by atoms with Crippen LogP contribution in [0.4, 0.5) is 0 Å². The maximum atomic E-state index is 13.2. The Morgan fingerprint density at radius 1 is 0.232 bits per heavy atom. The van der Waals surface area contributed by atoms with Crippen molar-refractivity contribution in [3.05, 3.63) is 0 Å². The van der Waals surface area contributed by atoms with Gasteiger partial charge >= 0.3 is 0 Å². The number of aliphatic hydroxyl groups is 25. The first-order valence-electron chi connectivity index (χ1n) is 35.6. The molecule has 9 fully saturated rings. The topological polar surface area (TPSA) is 779 Å². The molecule has 0 aromatic carbocycles. The molecule has 648 valence electrons. The molecule has 9 aliphatic heterocycles. The minimum atomic E-state index is -2.60. The minimum Gasteiger partial charge on any atom is -0.394 e. The zero-order valence-electron chi connectivity index (χ0n) is 60.1. The third-order valence-electron chi connectivity index (χ3n) is 20.4. The fourth-order valence-electron chi connectivity index (χ4n) is 14.5. The Kier molecular flexibility index (Phi) is 33.1. The summed E-state index contributed by atoms with van der Waals surface area (Å²) < 4.78 is 101. The maximum absolute atomic E-state index is 13.2. The van der Waals surface area contributed by atoms with Crippen molar-refractivity contribution in [3.63, 3.8) is 0 Å². The molecular weight excluding hydrogens is 1540 g/mol. The molecule has 9 saturated heterocycles. The minimum absolute atomic E-state index is 0.784. The van der Waals surface area contributed by atoms with Gasteiger partial charge in [0.25, 0.3) is 0 Å². The molecule has 29 N–H and O–H groups in total. The lowest BCUT2D eigenvalue weighted by atomic mass is 9.93. The smallest absolute Gasteiger partial charge is 0.217 e. The van der Waals surface area contributed by atoms with Crippen molar-refractivity contribution in [2.45, 2.75) is 304 Å². The molecule has 0 aromatic rings. The highest BCUT2D eigenvalue weighted by Gasteiger charge is 2.62. The van der Waals surface area contributed by atoms with Gasteiger partial charge in [-0.05, 0) is 0 Å². The molecule has 0 bridgehead atoms. The van der Waals surface area contributed by atoms with E-state index in [9.17, 15) is 147 Å². The van der Waals surface area contributed by atoms with Crippen LogP contribution in [0.2, 0.25) is 0 Å². The van der Waals surface area contributed by atoms with E-state index < -0.39 is 359 Å². The van der Waals surface area contributed by atoms with Gasteiger partial charge in [0, 0.05) is 27.7 Å². The van der Waals surface area contributed by atoms with Gasteiger partial charge < -0.3 is 229 Å². The molecule has 9 rings (SSSR count). The number of amides is 4. The molecule has 0 aromatic heterocycles. The van der Waals surface area contributed by atoms with E-state index >= 15 is 0 Å². The second kappa shape index (κ2) is 40.3. The first kappa shape index (κ1) is 92.1. The van der Waals surface area contributed by atoms with Crippen molar-refractivity contribution in [2.75, 3.05) is 59.5 Å². The molecule has 45 atom stereocenters. The summed E-state index contributed by atoms with van der Waals surface area (Å²) in [7, 11) is 0. The monoisotopic (exact) mass is 1640 g/mol. The standard InChI is InChI=1S/C62H104N4O46/c1-14(75)63-27-35(83)47(21(8-70)97-54(27)95)106-55-28(64-15(2)76)37(85)50(24(11-73)101-55)110-61-46(94)52(34(82)26(105-61)13-96-58-42(90)39(87)31(79)18(5-67)98-58)111-62-53(112-57-30(66-17(4)78)38(86)49(23(10-72)103-57)109-60-44(92)41(89)33(81)20(7-69)100-60)45(93)51(25(12-74)104-62)107-56-29(65-16(3)77)36(84)48(22(9-71)102-56)108-59-43(91)40(88)32(80)19(6-68)99-59/h18-62,67-74,79-95H,5-13H2,1-4H3,(H,63,75)(H,64,76)(H,65,77)(H,66,78)/t18-,19-,20-,21-,22-,23-,24-,25-,26-,27-,28-,29-,30-,31-,32+,33+,34-,35-,36-,37-,38-,39+,40+,41+,42+,43-,44-,45+,46+,47-,48-,49-,50-,51-,52+,53+,54?,55+,56+,57+,58+,59+,60+,61?,62-/m1/s1. The van der Waals surface area contributed by atoms with Crippen molar-refractivity contribution in [1.82, 2.24) is 21.3 Å². The predicted octanol–water partition coefficient (Wildman–Crippen LogP) is -20.1. The van der Waals surface area contributed by atoms with Gasteiger partial charge in [-0.15, -0.1) is 0 Å². The largest absolute Gasteiger partial charge is 0.394 e. The summed E-state index contributed by atoms with van der Waals surface area (Å²) in [6.45, 7) is -6.13. The van der Waals surface area contributed by atoms with E-state index in [4.69, 9.17) is 80.5 Å². The zero-order chi connectivity index (χ0) is 82.5. The fourth-order valence-corrected chi connectivity index (χ4v) is 14.5. The van der Waals surface area contributed by atoms with Crippen molar-refractivity contribution < 1.29 is 227 Å². The van der Waals surface area contributed by atoms with Gasteiger partial charge in [-0.3, -0.25) is 19.2 Å². The summed E-state index contributed by atoms with van der Waals surface area (Å²) >= 11 is 0. The quantitative estimate of drug-likeness (QED) is 0.0331. The number of nitrogens with one attached hydrogen (secondary N) is 4. The third-order valence-corrected chi connectivity index (χ3v) is 20.4. The summed E-state index contributed by atoms with van der Waals surface area (Å²) in [4.78, 5) is 51.3. The Morgan fingerprint density at radius 2 is 0.482 bits per heavy atom. The van der Waals surface area contributed by atoms with E-state index in [1.807, 2.05) is 0 Å². The summed E-state index contributed by atoms with van der Waals surface area (Å²) in [5.74, 6) is -3.70. The Labute approximate surface area is 634 Å². The molecule has 0 saturated carbocycles. The van der Waals surface area contributed by atoms with Gasteiger partial charge in [-0.2, -0.15) is 0 Å². The molecule has 9 aliphatic rings. The Hall–Kier alpha value is -3.80. The van der Waals surface area contributed by atoms with Crippen LogP contribution in [0.25, 0.3) is 0 Å². The Morgan fingerprint density at radius 3 is 0.830 bits per heavy atom. The number of hydrogen-bond donors (Lipinski definition) is 29. The summed E-state index contributed by atoms with van der Waals surface area (Å²) in [5.41, 5.74) is 0. The average Bonchev–Trinajstić information content (AvgIpc) is 0.760. The predicted molar refractivity (Wildman–Crippen MR) is 343 cm³/mol. The van der Waals surface area contributed by atoms with E-state index in [-0.39, 0.29) is 0 Å². The molecule has 2 unspecified atom stereocenters. The van der Waals surface area contributed by atoms with Gasteiger partial charge in [0.05, 0.1) is 59.5 Å². The number of carbonyl (C=O) groups excluding carboxylic acids is 4. The molecule has 112 heavy (non-hydrogen) atoms. The van der Waals surface area contributed by atoms with Gasteiger partial charge in [0.2, 0.25) is 23.6 Å². The molecule has 0 spiro atoms. The second-order valence-corrected chi connectivity index (χ2v) is 28.2. The average molecular weight is 1640 g/mol. The highest BCUT2D eigenvalue weighted by atomic mass is 16.8. The van der Waals surface area contributed by atoms with Crippen molar-refractivity contribution in [1.29, 1.82) is 0 Å². The first-order valence-corrected chi connectivity index (χ1v) is 35.6. The Balaban J connectivity index is 1.09. The molecule has 0 radical (unpaired) electrons. The maximum Gasteiger partial charge on any atom is 0.217 e. The highest BCUT2D eigenvalue weighted by Crippen LogP contribution is 2.41. The molecule has 9 heterocycles. The van der Waals surface area contributed by atoms with E-state index in [0.29, 0.717) is 0 Å². The van der Waals surface area contributed by atoms with E-state index in [0.717, 1.165) is 27.7 Å². The van der Waals surface area contributed by atoms with Crippen molar-refractivity contribution in [2.24, 2.45) is 0 Å². The summed E-state index contributed by atoms with van der Waals surface area (Å²) in [6.07, 6.45) is -85.9. The lowest BCUT2D eigenvalue weighted by Gasteiger charge is -2.52. The number of aliphatic hydroxyl groups excluding tert-OH is 25. The van der Waals surface area contributed by atoms with Crippen LogP contribution in [0.5, 0.6) is 0 Å². The van der Waals surface area contributed by atoms with Gasteiger partial charge in [-0.25, -0.2) is 0 Å². The van der Waals surface area contributed by atoms with Crippen LogP contribution >= 0.6 is 0 Å². The molecular formula is C62H104N4O46. The molecule has 50 heteroatoms. The van der Waals surface area contributed by atoms with Crippen molar-refractivity contribution in [3.8, 4) is 0 Å². The Bertz CT molecular complexity index is 2970. The van der Waals surface area contributed by atoms with Crippen molar-refractivity contribution >= 4 is 23.6 Å². The number of ether oxygens (including phenoxy) is 17. The van der Waals surface area contributed by atoms with E-state index in [2.05, 4.69) is 21.3 Å². The SMILES string of the molecule is CC(=O)N[C@H]1[C@H](O[C@H]2[C@H](O)[C@@H](NC(C)=O)C(O)O[C@@H]2CO)O[C@H](CO)[C@@H](OC2O[C@H](CO[C@H]3O[C@H](CO)[C@@H](O)[C@H](O)[C@@H]3O)[C@@H](O)[C@H](O[C@H]3O[C@H](CO)[C@@H](O[C@@H]4O[C@H](CO)[C@@H](O[C@@H]5O[C@H](CO)[C@H](O)[C@H](O)[C@H]5O)[C@H](O)[C@H]4NC(C)=O)[C@H](O)[C@@H]3O[C@@H]3O[C@H](CO)[C@@H](O[C@@H]4O[C@H](CO)[C@H](O)[C@H](O)[C@H]4O)[C@H](O)[C@H]3NC(C)=O)[C@@H]2O)[C@@H]1O. The highest BCUT2D eigenvalue weighted by molar-refractivity contribution is 5.74. The van der Waals surface area contributed by atoms with Crippen LogP contribution in [0.3, 0.4) is 0 Å². The molecule has 4 amide bonds. The van der Waals surface area contributed by atoms with Crippen LogP contribution in [0, 0.1) is 0 Å². The van der Waals surface area contributed by atoms with Gasteiger partial charge in [-0.1, -0.05) is 0 Å². The second-order valence-electron chi connectivity index (χ2n) is 28.2. The molecule has 50 nitrogen and oxygen atoms in total. The normalized spacial score (nSPS) is 48.9. The van der Waals surface area contributed by atoms with Crippen LogP contribution < -0.4 is 21.3 Å². The van der Waals surface area contributed by atoms with Crippen LogP contribution in [0.15, 0.2) is 0 Å². The number of rotatable bonds is 29. The lowest BCUT2D eigenvalue weighted by molar-refractivity contribution is -0.406. The lowest BCUT2D eigenvalue weighted by Crippen LogP contribution is -2.71. The third kappa shape index (κ3) is 20.2. The molecule has 0 aliphatic carbocycles. The summed E-state index contributed by atoms with van der Waals surface area (Å²) in [5, 5.41) is 287. The number of hydrogen-bond acceptors (Lipinski definition) is 46. The number of carbonyl (C=O) groups is 4. The van der Waals surface area contributed by atoms with Gasteiger partial charge in [0.1, 0.15) is 219 Å². The first-order chi connectivity index (χ1) is 53.0. The van der Waals surface area contributed by atoms with E-state index in [1.165, 1.54) is 0 Å². The van der Waals surface area contributed by atoms with Crippen LogP contribution in [-0.4, -0.2) is 487 Å². The summed E-state index contributed by atoms with van der Waals surface area (Å²) in [6, 6.07) is -7.58. The zero-order valence-corrected chi connectivity index (χ0v) is 60.1. The van der Waals surface area contributed by atoms with Gasteiger partial charge in [0.15, 0.2) is 56.6 Å². The fraction of sp³-hybridized carbons (Fsp3) is 0.935. The van der Waals surface area contributed by atoms with E-state index in [1.54, 1.807) is 0 Å². The van der Waals surface area contributed by atoms with Crippen LogP contribution in [-0.2, 0) is 99.7 Å².